The maximum absolute atomic E-state index is 14.2. The summed E-state index contributed by atoms with van der Waals surface area (Å²) < 4.78 is 30.7. The number of ether oxygens (including phenoxy) is 3. The van der Waals surface area contributed by atoms with E-state index in [0.29, 0.717) is 28.5 Å². The molecular formula is C30H21FN2O5. The Labute approximate surface area is 217 Å². The predicted octanol–water partition coefficient (Wildman–Crippen LogP) is 5.03. The van der Waals surface area contributed by atoms with Crippen molar-refractivity contribution in [2.45, 2.75) is 12.0 Å². The molecule has 38 heavy (non-hydrogen) atoms. The summed E-state index contributed by atoms with van der Waals surface area (Å²) in [6.07, 6.45) is 0. The van der Waals surface area contributed by atoms with Gasteiger partial charge in [-0.15, -0.1) is 0 Å². The number of para-hydroxylation sites is 1. The fourth-order valence-corrected chi connectivity index (χ4v) is 5.48. The molecule has 188 valence electrons. The van der Waals surface area contributed by atoms with E-state index < -0.39 is 11.2 Å². The highest BCUT2D eigenvalue weighted by Gasteiger charge is 2.57. The van der Waals surface area contributed by atoms with Crippen LogP contribution in [0, 0.1) is 5.82 Å². The van der Waals surface area contributed by atoms with Gasteiger partial charge in [-0.1, -0.05) is 36.4 Å². The van der Waals surface area contributed by atoms with E-state index in [2.05, 4.69) is 5.32 Å². The normalized spacial score (nSPS) is 18.3. The lowest BCUT2D eigenvalue weighted by molar-refractivity contribution is -0.122. The minimum atomic E-state index is -1.00. The van der Waals surface area contributed by atoms with Crippen LogP contribution in [0.3, 0.4) is 0 Å². The molecule has 7 rings (SSSR count). The molecule has 0 saturated heterocycles. The molecule has 0 fully saturated rings. The van der Waals surface area contributed by atoms with Gasteiger partial charge in [-0.05, 0) is 53.6 Å². The van der Waals surface area contributed by atoms with Gasteiger partial charge in [0, 0.05) is 28.6 Å². The fraction of sp³-hybridized carbons (Fsp3) is 0.133. The zero-order valence-corrected chi connectivity index (χ0v) is 20.1. The molecule has 0 aliphatic carbocycles. The highest BCUT2D eigenvalue weighted by atomic mass is 19.1. The summed E-state index contributed by atoms with van der Waals surface area (Å²) in [4.78, 5) is 28.8. The molecule has 1 N–H and O–H groups in total. The quantitative estimate of drug-likeness (QED) is 0.418. The monoisotopic (exact) mass is 508 g/mol. The molecule has 0 saturated carbocycles. The zero-order valence-electron chi connectivity index (χ0n) is 20.1. The largest absolute Gasteiger partial charge is 0.491 e. The molecule has 2 amide bonds. The van der Waals surface area contributed by atoms with Crippen LogP contribution in [-0.4, -0.2) is 25.2 Å². The molecule has 0 bridgehead atoms. The van der Waals surface area contributed by atoms with Gasteiger partial charge in [0.15, 0.2) is 11.5 Å². The summed E-state index contributed by atoms with van der Waals surface area (Å²) in [7, 11) is 0. The third kappa shape index (κ3) is 3.33. The summed E-state index contributed by atoms with van der Waals surface area (Å²) in [6.45, 7) is 0.567. The number of benzene rings is 4. The van der Waals surface area contributed by atoms with E-state index >= 15 is 0 Å². The second kappa shape index (κ2) is 8.34. The molecule has 4 aromatic rings. The van der Waals surface area contributed by atoms with Crippen molar-refractivity contribution >= 4 is 23.2 Å². The Morgan fingerprint density at radius 3 is 2.55 bits per heavy atom. The van der Waals surface area contributed by atoms with Gasteiger partial charge >= 0.3 is 0 Å². The summed E-state index contributed by atoms with van der Waals surface area (Å²) in [5.74, 6) is 0.898. The van der Waals surface area contributed by atoms with Crippen LogP contribution < -0.4 is 24.4 Å². The molecule has 3 aliphatic rings. The van der Waals surface area contributed by atoms with Crippen LogP contribution in [0.5, 0.6) is 17.2 Å². The fourth-order valence-electron chi connectivity index (χ4n) is 5.48. The number of nitrogens with one attached hydrogen (secondary N) is 1. The van der Waals surface area contributed by atoms with Crippen LogP contribution in [0.2, 0.25) is 0 Å². The SMILES string of the molecule is O=C(Nc1cccc(F)c1)c1cccc(CN2C(=O)C3(COc4cc5c(cc43)OCO5)c3ccccc32)c1. The number of carbonyl (C=O) groups is 2. The average Bonchev–Trinajstić information content (AvgIpc) is 3.60. The first-order valence-corrected chi connectivity index (χ1v) is 12.2. The first kappa shape index (κ1) is 22.4. The number of anilines is 2. The third-order valence-corrected chi connectivity index (χ3v) is 7.26. The van der Waals surface area contributed by atoms with E-state index in [-0.39, 0.29) is 31.8 Å². The van der Waals surface area contributed by atoms with Crippen LogP contribution >= 0.6 is 0 Å². The van der Waals surface area contributed by atoms with Gasteiger partial charge in [0.2, 0.25) is 12.7 Å². The summed E-state index contributed by atoms with van der Waals surface area (Å²) in [6, 6.07) is 24.1. The third-order valence-electron chi connectivity index (χ3n) is 7.26. The Kier molecular flexibility index (Phi) is 4.91. The number of nitrogens with zero attached hydrogens (tertiary/aromatic N) is 1. The van der Waals surface area contributed by atoms with Crippen LogP contribution in [-0.2, 0) is 16.8 Å². The van der Waals surface area contributed by atoms with Gasteiger partial charge in [-0.2, -0.15) is 0 Å². The standard InChI is InChI=1S/C30H21FN2O5/c31-20-7-4-8-21(12-20)32-28(34)19-6-3-5-18(11-19)15-33-24-10-2-1-9-22(24)30(29(33)35)16-36-25-14-27-26(13-23(25)30)37-17-38-27/h1-14H,15-17H2,(H,32,34). The number of amides is 2. The van der Waals surface area contributed by atoms with Crippen molar-refractivity contribution in [1.82, 2.24) is 0 Å². The van der Waals surface area contributed by atoms with Crippen LogP contribution in [0.4, 0.5) is 15.8 Å². The molecule has 4 aromatic carbocycles. The van der Waals surface area contributed by atoms with Gasteiger partial charge < -0.3 is 24.4 Å². The first-order valence-electron chi connectivity index (χ1n) is 12.2. The molecule has 7 nitrogen and oxygen atoms in total. The Balaban J connectivity index is 1.22. The maximum atomic E-state index is 14.2. The van der Waals surface area contributed by atoms with E-state index in [4.69, 9.17) is 14.2 Å². The minimum absolute atomic E-state index is 0.106. The number of hydrogen-bond donors (Lipinski definition) is 1. The zero-order chi connectivity index (χ0) is 25.9. The van der Waals surface area contributed by atoms with E-state index in [1.807, 2.05) is 36.4 Å². The van der Waals surface area contributed by atoms with Gasteiger partial charge in [-0.3, -0.25) is 9.59 Å². The van der Waals surface area contributed by atoms with Crippen molar-refractivity contribution in [3.8, 4) is 17.2 Å². The van der Waals surface area contributed by atoms with Crippen LogP contribution in [0.15, 0.2) is 84.9 Å². The van der Waals surface area contributed by atoms with Crippen molar-refractivity contribution in [3.63, 3.8) is 0 Å². The maximum Gasteiger partial charge on any atom is 0.255 e. The van der Waals surface area contributed by atoms with Gasteiger partial charge in [0.05, 0.1) is 6.54 Å². The molecule has 1 unspecified atom stereocenters. The smallest absolute Gasteiger partial charge is 0.255 e. The lowest BCUT2D eigenvalue weighted by Crippen LogP contribution is -2.42. The molecule has 8 heteroatoms. The van der Waals surface area contributed by atoms with E-state index in [0.717, 1.165) is 22.4 Å². The van der Waals surface area contributed by atoms with Gasteiger partial charge in [0.1, 0.15) is 23.6 Å². The van der Waals surface area contributed by atoms with Crippen LogP contribution in [0.1, 0.15) is 27.0 Å². The molecule has 3 aliphatic heterocycles. The van der Waals surface area contributed by atoms with E-state index in [1.54, 1.807) is 35.2 Å². The number of halogens is 1. The molecule has 1 atom stereocenters. The average molecular weight is 509 g/mol. The topological polar surface area (TPSA) is 77.1 Å². The Hall–Kier alpha value is -4.85. The first-order chi connectivity index (χ1) is 18.5. The molecule has 1 spiro atoms. The highest BCUT2D eigenvalue weighted by molar-refractivity contribution is 6.11. The summed E-state index contributed by atoms with van der Waals surface area (Å²) in [5.41, 5.74) is 2.96. The molecule has 0 aromatic heterocycles. The Morgan fingerprint density at radius 2 is 1.68 bits per heavy atom. The molecular weight excluding hydrogens is 487 g/mol. The minimum Gasteiger partial charge on any atom is -0.491 e. The predicted molar refractivity (Wildman–Crippen MR) is 137 cm³/mol. The van der Waals surface area contributed by atoms with E-state index in [9.17, 15) is 14.0 Å². The number of fused-ring (bicyclic) bond motifs is 5. The van der Waals surface area contributed by atoms with Crippen molar-refractivity contribution < 1.29 is 28.2 Å². The second-order valence-electron chi connectivity index (χ2n) is 9.47. The number of hydrogen-bond acceptors (Lipinski definition) is 5. The molecule has 3 heterocycles. The molecule has 0 radical (unpaired) electrons. The van der Waals surface area contributed by atoms with Gasteiger partial charge in [-0.25, -0.2) is 4.39 Å². The van der Waals surface area contributed by atoms with E-state index in [1.165, 1.54) is 18.2 Å². The summed E-state index contributed by atoms with van der Waals surface area (Å²) in [5, 5.41) is 2.72. The second-order valence-corrected chi connectivity index (χ2v) is 9.47. The Morgan fingerprint density at radius 1 is 0.868 bits per heavy atom. The van der Waals surface area contributed by atoms with Crippen molar-refractivity contribution in [2.75, 3.05) is 23.6 Å². The lowest BCUT2D eigenvalue weighted by atomic mass is 9.77. The Bertz CT molecular complexity index is 1640. The van der Waals surface area contributed by atoms with Crippen molar-refractivity contribution in [2.24, 2.45) is 0 Å². The lowest BCUT2D eigenvalue weighted by Gasteiger charge is -2.23. The summed E-state index contributed by atoms with van der Waals surface area (Å²) >= 11 is 0. The van der Waals surface area contributed by atoms with Gasteiger partial charge in [0.25, 0.3) is 5.91 Å². The van der Waals surface area contributed by atoms with Crippen molar-refractivity contribution in [3.05, 3.63) is 113 Å². The number of rotatable bonds is 4. The van der Waals surface area contributed by atoms with Crippen LogP contribution in [0.25, 0.3) is 0 Å². The number of carbonyl (C=O) groups excluding carboxylic acids is 2. The highest BCUT2D eigenvalue weighted by Crippen LogP contribution is 2.55. The van der Waals surface area contributed by atoms with Crippen molar-refractivity contribution in [1.29, 1.82) is 0 Å².